The van der Waals surface area contributed by atoms with Crippen molar-refractivity contribution in [1.29, 1.82) is 0 Å². The van der Waals surface area contributed by atoms with Crippen molar-refractivity contribution in [3.63, 3.8) is 0 Å². The molecule has 0 fully saturated rings. The molecule has 5 rings (SSSR count). The molecule has 5 nitrogen and oxygen atoms in total. The molecular weight excluding hydrogens is 358 g/mol. The maximum absolute atomic E-state index is 4.62. The lowest BCUT2D eigenvalue weighted by Gasteiger charge is -2.17. The Bertz CT molecular complexity index is 1130. The Morgan fingerprint density at radius 1 is 0.931 bits per heavy atom. The first-order chi connectivity index (χ1) is 14.3. The van der Waals surface area contributed by atoms with Gasteiger partial charge in [-0.1, -0.05) is 36.4 Å². The fourth-order valence-corrected chi connectivity index (χ4v) is 4.22. The number of fused-ring (bicyclic) bond motifs is 2. The zero-order valence-electron chi connectivity index (χ0n) is 16.7. The quantitative estimate of drug-likeness (QED) is 0.550. The van der Waals surface area contributed by atoms with Crippen molar-refractivity contribution in [3.8, 4) is 11.4 Å². The molecule has 2 aromatic carbocycles. The van der Waals surface area contributed by atoms with Crippen LogP contribution in [0.4, 0.5) is 0 Å². The van der Waals surface area contributed by atoms with Gasteiger partial charge in [-0.3, -0.25) is 10.00 Å². The Morgan fingerprint density at radius 2 is 1.72 bits per heavy atom. The van der Waals surface area contributed by atoms with E-state index in [2.05, 4.69) is 74.6 Å². The van der Waals surface area contributed by atoms with Gasteiger partial charge in [-0.15, -0.1) is 0 Å². The summed E-state index contributed by atoms with van der Waals surface area (Å²) in [5, 5.41) is 10.2. The molecule has 2 heterocycles. The molecule has 0 saturated heterocycles. The summed E-state index contributed by atoms with van der Waals surface area (Å²) in [4.78, 5) is 11.5. The Hall–Kier alpha value is -3.05. The molecular formula is C24H25N5. The summed E-state index contributed by atoms with van der Waals surface area (Å²) in [5.41, 5.74) is 6.12. The van der Waals surface area contributed by atoms with Crippen LogP contribution in [0.3, 0.4) is 0 Å². The van der Waals surface area contributed by atoms with Crippen LogP contribution in [0.25, 0.3) is 22.2 Å². The number of rotatable bonds is 5. The van der Waals surface area contributed by atoms with Gasteiger partial charge in [-0.2, -0.15) is 5.10 Å². The molecule has 0 bridgehead atoms. The van der Waals surface area contributed by atoms with E-state index in [4.69, 9.17) is 0 Å². The molecule has 0 radical (unpaired) electrons. The summed E-state index contributed by atoms with van der Waals surface area (Å²) >= 11 is 0. The number of aromatic nitrogens is 4. The fraction of sp³-hybridized carbons (Fsp3) is 0.292. The van der Waals surface area contributed by atoms with Gasteiger partial charge in [0.1, 0.15) is 0 Å². The molecule has 0 aliphatic heterocycles. The van der Waals surface area contributed by atoms with Gasteiger partial charge >= 0.3 is 0 Å². The second-order valence-electron chi connectivity index (χ2n) is 7.98. The molecule has 0 atom stereocenters. The largest absolute Gasteiger partial charge is 0.296 e. The van der Waals surface area contributed by atoms with E-state index in [-0.39, 0.29) is 0 Å². The molecule has 1 aliphatic rings. The standard InChI is InChI=1S/C24H25N5/c1-29(16-23-21-8-4-5-9-22(21)27-28-23)15-17-13-25-24(26-14-17)20-11-10-18-6-2-3-7-19(18)12-20/h2-3,6-7,10-14H,4-5,8-9,15-16H2,1H3,(H,27,28). The molecule has 0 amide bonds. The summed E-state index contributed by atoms with van der Waals surface area (Å²) in [6.07, 6.45) is 8.70. The number of aromatic amines is 1. The number of hydrogen-bond donors (Lipinski definition) is 1. The highest BCUT2D eigenvalue weighted by molar-refractivity contribution is 5.86. The summed E-state index contributed by atoms with van der Waals surface area (Å²) in [6.45, 7) is 1.65. The van der Waals surface area contributed by atoms with Crippen LogP contribution in [0.2, 0.25) is 0 Å². The van der Waals surface area contributed by atoms with Crippen molar-refractivity contribution in [2.45, 2.75) is 38.8 Å². The van der Waals surface area contributed by atoms with Crippen LogP contribution in [-0.4, -0.2) is 32.1 Å². The van der Waals surface area contributed by atoms with Gasteiger partial charge in [0.05, 0.1) is 5.69 Å². The monoisotopic (exact) mass is 383 g/mol. The van der Waals surface area contributed by atoms with Crippen LogP contribution < -0.4 is 0 Å². The average molecular weight is 383 g/mol. The molecule has 5 heteroatoms. The molecule has 29 heavy (non-hydrogen) atoms. The lowest BCUT2D eigenvalue weighted by molar-refractivity contribution is 0.313. The summed E-state index contributed by atoms with van der Waals surface area (Å²) in [5.74, 6) is 0.767. The van der Waals surface area contributed by atoms with E-state index in [9.17, 15) is 0 Å². The molecule has 1 N–H and O–H groups in total. The van der Waals surface area contributed by atoms with Gasteiger partial charge in [-0.05, 0) is 55.1 Å². The van der Waals surface area contributed by atoms with Crippen LogP contribution in [0.5, 0.6) is 0 Å². The van der Waals surface area contributed by atoms with E-state index in [1.54, 1.807) is 0 Å². The molecule has 0 saturated carbocycles. The summed E-state index contributed by atoms with van der Waals surface area (Å²) in [7, 11) is 2.13. The summed E-state index contributed by atoms with van der Waals surface area (Å²) in [6, 6.07) is 14.7. The van der Waals surface area contributed by atoms with Crippen molar-refractivity contribution in [2.75, 3.05) is 7.05 Å². The number of nitrogens with zero attached hydrogens (tertiary/aromatic N) is 4. The maximum atomic E-state index is 4.62. The Labute approximate surface area is 170 Å². The predicted octanol–water partition coefficient (Wildman–Crippen LogP) is 4.53. The molecule has 0 spiro atoms. The third-order valence-corrected chi connectivity index (χ3v) is 5.73. The lowest BCUT2D eigenvalue weighted by Crippen LogP contribution is -2.19. The van der Waals surface area contributed by atoms with Crippen molar-refractivity contribution in [2.24, 2.45) is 0 Å². The van der Waals surface area contributed by atoms with Crippen molar-refractivity contribution in [1.82, 2.24) is 25.1 Å². The second-order valence-corrected chi connectivity index (χ2v) is 7.98. The SMILES string of the molecule is CN(Cc1cnc(-c2ccc3ccccc3c2)nc1)Cc1n[nH]c2c1CCCC2. The minimum atomic E-state index is 0.767. The molecule has 1 aliphatic carbocycles. The van der Waals surface area contributed by atoms with Crippen molar-refractivity contribution < 1.29 is 0 Å². The number of H-pyrrole nitrogens is 1. The first-order valence-electron chi connectivity index (χ1n) is 10.3. The second kappa shape index (κ2) is 7.76. The van der Waals surface area contributed by atoms with Crippen molar-refractivity contribution in [3.05, 3.63) is 77.4 Å². The van der Waals surface area contributed by atoms with Crippen LogP contribution in [0.1, 0.15) is 35.4 Å². The van der Waals surface area contributed by atoms with E-state index in [0.29, 0.717) is 0 Å². The van der Waals surface area contributed by atoms with Gasteiger partial charge in [0, 0.05) is 42.3 Å². The van der Waals surface area contributed by atoms with E-state index < -0.39 is 0 Å². The first kappa shape index (κ1) is 18.0. The molecule has 0 unspecified atom stereocenters. The number of benzene rings is 2. The highest BCUT2D eigenvalue weighted by Crippen LogP contribution is 2.24. The molecule has 4 aromatic rings. The normalized spacial score (nSPS) is 13.7. The van der Waals surface area contributed by atoms with E-state index in [1.165, 1.54) is 40.6 Å². The predicted molar refractivity (Wildman–Crippen MR) is 115 cm³/mol. The zero-order valence-corrected chi connectivity index (χ0v) is 16.7. The average Bonchev–Trinajstić information content (AvgIpc) is 3.17. The first-order valence-corrected chi connectivity index (χ1v) is 10.3. The molecule has 146 valence electrons. The summed E-state index contributed by atoms with van der Waals surface area (Å²) < 4.78 is 0. The van der Waals surface area contributed by atoms with Crippen LogP contribution >= 0.6 is 0 Å². The smallest absolute Gasteiger partial charge is 0.159 e. The van der Waals surface area contributed by atoms with E-state index in [1.807, 2.05) is 12.4 Å². The topological polar surface area (TPSA) is 57.7 Å². The zero-order chi connectivity index (χ0) is 19.6. The molecule has 2 aromatic heterocycles. The Balaban J connectivity index is 1.28. The van der Waals surface area contributed by atoms with Crippen LogP contribution in [0.15, 0.2) is 54.9 Å². The third-order valence-electron chi connectivity index (χ3n) is 5.73. The highest BCUT2D eigenvalue weighted by atomic mass is 15.2. The van der Waals surface area contributed by atoms with Crippen LogP contribution in [-0.2, 0) is 25.9 Å². The van der Waals surface area contributed by atoms with E-state index in [0.717, 1.165) is 42.9 Å². The minimum Gasteiger partial charge on any atom is -0.296 e. The minimum absolute atomic E-state index is 0.767. The van der Waals surface area contributed by atoms with Gasteiger partial charge < -0.3 is 0 Å². The number of aryl methyl sites for hydroxylation is 1. The van der Waals surface area contributed by atoms with Gasteiger partial charge in [0.2, 0.25) is 0 Å². The number of hydrogen-bond acceptors (Lipinski definition) is 4. The van der Waals surface area contributed by atoms with Crippen molar-refractivity contribution >= 4 is 10.8 Å². The third kappa shape index (κ3) is 3.78. The highest BCUT2D eigenvalue weighted by Gasteiger charge is 2.17. The Kier molecular flexibility index (Phi) is 4.82. The van der Waals surface area contributed by atoms with E-state index >= 15 is 0 Å². The number of nitrogens with one attached hydrogen (secondary N) is 1. The maximum Gasteiger partial charge on any atom is 0.159 e. The fourth-order valence-electron chi connectivity index (χ4n) is 4.22. The Morgan fingerprint density at radius 3 is 2.59 bits per heavy atom. The van der Waals surface area contributed by atoms with Crippen LogP contribution in [0, 0.1) is 0 Å². The van der Waals surface area contributed by atoms with Gasteiger partial charge in [0.25, 0.3) is 0 Å². The lowest BCUT2D eigenvalue weighted by atomic mass is 9.96. The van der Waals surface area contributed by atoms with Gasteiger partial charge in [0.15, 0.2) is 5.82 Å². The van der Waals surface area contributed by atoms with Gasteiger partial charge in [-0.25, -0.2) is 9.97 Å².